The second-order valence-corrected chi connectivity index (χ2v) is 13.1. The molecule has 0 aliphatic carbocycles. The molecule has 5 N–H and O–H groups in total. The van der Waals surface area contributed by atoms with Crippen LogP contribution in [0.2, 0.25) is 0 Å². The second-order valence-electron chi connectivity index (χ2n) is 13.1. The molecule has 0 heterocycles. The molecule has 1 unspecified atom stereocenters. The lowest BCUT2D eigenvalue weighted by Gasteiger charge is -2.42. The first-order valence-corrected chi connectivity index (χ1v) is 16.5. The summed E-state index contributed by atoms with van der Waals surface area (Å²) in [5, 5.41) is 46.3. The van der Waals surface area contributed by atoms with Gasteiger partial charge in [0.05, 0.1) is 45.8 Å². The highest BCUT2D eigenvalue weighted by Crippen LogP contribution is 2.64. The van der Waals surface area contributed by atoms with Gasteiger partial charge in [-0.05, 0) is 24.1 Å². The van der Waals surface area contributed by atoms with Crippen LogP contribution < -0.4 is 4.74 Å². The van der Waals surface area contributed by atoms with Crippen LogP contribution in [-0.4, -0.2) is 183 Å². The average molecular weight is 946 g/mol. The zero-order chi connectivity index (χ0) is 48.7. The van der Waals surface area contributed by atoms with Crippen LogP contribution in [0.4, 0.5) is 74.6 Å². The van der Waals surface area contributed by atoms with Crippen molar-refractivity contribution in [2.24, 2.45) is 0 Å². The predicted molar refractivity (Wildman–Crippen MR) is 167 cm³/mol. The quantitative estimate of drug-likeness (QED) is 0.0723. The van der Waals surface area contributed by atoms with Gasteiger partial charge in [0.1, 0.15) is 5.75 Å². The molecule has 0 bridgehead atoms. The van der Waals surface area contributed by atoms with Crippen molar-refractivity contribution in [3.8, 4) is 5.75 Å². The number of hydrogen-bond acceptors (Lipinski definition) is 9. The largest absolute Gasteiger partial charge is 0.493 e. The first kappa shape index (κ1) is 55.1. The number of rotatable bonds is 28. The van der Waals surface area contributed by atoms with Crippen molar-refractivity contribution in [3.05, 3.63) is 29.8 Å². The third kappa shape index (κ3) is 12.8. The number of benzene rings is 1. The maximum Gasteiger partial charge on any atom is 0.460 e. The zero-order valence-corrected chi connectivity index (χ0v) is 30.6. The Balaban J connectivity index is 3.38. The fourth-order valence-corrected chi connectivity index (χ4v) is 5.22. The molecule has 31 heteroatoms. The fraction of sp³-hybridized carbons (Fsp3) is 0.645. The van der Waals surface area contributed by atoms with Gasteiger partial charge in [-0.1, -0.05) is 12.1 Å². The van der Waals surface area contributed by atoms with Crippen LogP contribution >= 0.6 is 0 Å². The molecule has 0 spiro atoms. The van der Waals surface area contributed by atoms with Crippen molar-refractivity contribution < 1.29 is 129 Å². The van der Waals surface area contributed by atoms with Gasteiger partial charge in [0, 0.05) is 25.7 Å². The Morgan fingerprint density at radius 1 is 0.500 bits per heavy atom. The van der Waals surface area contributed by atoms with Crippen molar-refractivity contribution in [2.75, 3.05) is 59.0 Å². The SMILES string of the molecule is O=C(O)CN(CCN(CC(=O)O)CC(Cc1ccc(OCCC(F)(F)C(F)(F)C(F)(F)C(F)(F)C(F)(F)C(F)(F)C(F)(F)C(F)(F)F)cc1)N(CC(=O)O)CC(=O)O)CC(=O)O. The van der Waals surface area contributed by atoms with Crippen LogP contribution in [0.5, 0.6) is 5.75 Å². The normalized spacial score (nSPS) is 14.3. The van der Waals surface area contributed by atoms with E-state index in [1.807, 2.05) is 0 Å². The molecule has 0 aromatic heterocycles. The Bertz CT molecular complexity index is 1700. The van der Waals surface area contributed by atoms with E-state index in [0.717, 1.165) is 39.0 Å². The lowest BCUT2D eigenvalue weighted by atomic mass is 9.88. The molecule has 356 valence electrons. The summed E-state index contributed by atoms with van der Waals surface area (Å²) in [7, 11) is 0. The van der Waals surface area contributed by atoms with E-state index in [2.05, 4.69) is 4.74 Å². The first-order chi connectivity index (χ1) is 27.8. The van der Waals surface area contributed by atoms with Gasteiger partial charge in [-0.2, -0.15) is 74.6 Å². The summed E-state index contributed by atoms with van der Waals surface area (Å²) in [6.45, 7) is -7.92. The summed E-state index contributed by atoms with van der Waals surface area (Å²) < 4.78 is 235. The average Bonchev–Trinajstić information content (AvgIpc) is 3.08. The molecule has 1 aromatic carbocycles. The van der Waals surface area contributed by atoms with E-state index >= 15 is 0 Å². The van der Waals surface area contributed by atoms with Crippen molar-refractivity contribution in [1.29, 1.82) is 0 Å². The Morgan fingerprint density at radius 3 is 1.24 bits per heavy atom. The molecule has 0 aliphatic rings. The molecular weight excluding hydrogens is 913 g/mol. The molecule has 1 rings (SSSR count). The highest BCUT2D eigenvalue weighted by atomic mass is 19.4. The van der Waals surface area contributed by atoms with E-state index in [1.54, 1.807) is 0 Å². The van der Waals surface area contributed by atoms with E-state index in [0.29, 0.717) is 0 Å². The number of carboxylic acids is 5. The molecule has 14 nitrogen and oxygen atoms in total. The molecule has 0 radical (unpaired) electrons. The van der Waals surface area contributed by atoms with Gasteiger partial charge in [-0.25, -0.2) is 0 Å². The Morgan fingerprint density at radius 2 is 0.855 bits per heavy atom. The number of hydrogen-bond donors (Lipinski definition) is 5. The van der Waals surface area contributed by atoms with Gasteiger partial charge in [0.25, 0.3) is 0 Å². The maximum atomic E-state index is 14.3. The van der Waals surface area contributed by atoms with Crippen molar-refractivity contribution in [1.82, 2.24) is 14.7 Å². The molecular formula is C31H32F17N3O11. The molecule has 1 atom stereocenters. The highest BCUT2D eigenvalue weighted by molar-refractivity contribution is 5.73. The molecule has 62 heavy (non-hydrogen) atoms. The van der Waals surface area contributed by atoms with E-state index < -0.39 is 161 Å². The van der Waals surface area contributed by atoms with Gasteiger partial charge in [0.2, 0.25) is 0 Å². The van der Waals surface area contributed by atoms with Gasteiger partial charge in [-0.15, -0.1) is 0 Å². The summed E-state index contributed by atoms with van der Waals surface area (Å²) in [5.41, 5.74) is 0.0179. The minimum absolute atomic E-state index is 0.0179. The summed E-state index contributed by atoms with van der Waals surface area (Å²) >= 11 is 0. The number of aliphatic carboxylic acids is 5. The number of ether oxygens (including phenoxy) is 1. The highest BCUT2D eigenvalue weighted by Gasteiger charge is 2.95. The summed E-state index contributed by atoms with van der Waals surface area (Å²) in [6, 6.07) is 2.14. The van der Waals surface area contributed by atoms with Crippen LogP contribution in [0, 0.1) is 0 Å². The van der Waals surface area contributed by atoms with E-state index in [4.69, 9.17) is 10.2 Å². The molecule has 1 aromatic rings. The summed E-state index contributed by atoms with van der Waals surface area (Å²) in [5.74, 6) is -66.0. The Labute approximate surface area is 335 Å². The van der Waals surface area contributed by atoms with E-state index in [-0.39, 0.29) is 5.56 Å². The van der Waals surface area contributed by atoms with Crippen LogP contribution in [0.3, 0.4) is 0 Å². The maximum absolute atomic E-state index is 14.3. The summed E-state index contributed by atoms with van der Waals surface area (Å²) in [4.78, 5) is 59.8. The van der Waals surface area contributed by atoms with Gasteiger partial charge < -0.3 is 30.3 Å². The van der Waals surface area contributed by atoms with Gasteiger partial charge in [0.15, 0.2) is 0 Å². The number of carboxylic acid groups (broad SMARTS) is 5. The number of halogens is 17. The molecule has 0 saturated carbocycles. The topological polar surface area (TPSA) is 205 Å². The predicted octanol–water partition coefficient (Wildman–Crippen LogP) is 4.71. The van der Waals surface area contributed by atoms with Crippen LogP contribution in [-0.2, 0) is 30.4 Å². The van der Waals surface area contributed by atoms with E-state index in [1.165, 1.54) is 0 Å². The first-order valence-electron chi connectivity index (χ1n) is 16.5. The smallest absolute Gasteiger partial charge is 0.460 e. The van der Waals surface area contributed by atoms with Crippen molar-refractivity contribution >= 4 is 29.8 Å². The lowest BCUT2D eigenvalue weighted by Crippen LogP contribution is -2.74. The Hall–Kier alpha value is -4.94. The number of carbonyl (C=O) groups is 5. The van der Waals surface area contributed by atoms with Gasteiger partial charge in [-0.3, -0.25) is 38.7 Å². The van der Waals surface area contributed by atoms with Crippen LogP contribution in [0.1, 0.15) is 12.0 Å². The van der Waals surface area contributed by atoms with E-state index in [9.17, 15) is 114 Å². The molecule has 0 amide bonds. The standard InChI is InChI=1S/C31H32F17N3O11/c32-24(33,25(34,35)26(36,37)27(38,39)28(40,41)29(42,43)30(44,45)31(46,47)48)5-8-62-18-3-1-16(2-4-18)9-17(51(14-22(58)59)15-23(60)61)10-49(11-19(52)53)6-7-50(12-20(54)55)13-21(56)57/h1-4,17H,5-15H2,(H,52,53)(H,54,55)(H,56,57)(H,58,59)(H,60,61). The van der Waals surface area contributed by atoms with Crippen molar-refractivity contribution in [2.45, 2.75) is 66.5 Å². The summed E-state index contributed by atoms with van der Waals surface area (Å²) in [6.07, 6.45) is -11.2. The van der Waals surface area contributed by atoms with Crippen LogP contribution in [0.25, 0.3) is 0 Å². The lowest BCUT2D eigenvalue weighted by molar-refractivity contribution is -0.461. The third-order valence-corrected chi connectivity index (χ3v) is 8.34. The molecule has 0 saturated heterocycles. The minimum atomic E-state index is -8.78. The second kappa shape index (κ2) is 20.1. The minimum Gasteiger partial charge on any atom is -0.493 e. The monoisotopic (exact) mass is 945 g/mol. The third-order valence-electron chi connectivity index (χ3n) is 8.34. The number of nitrogens with zero attached hydrogens (tertiary/aromatic N) is 3. The zero-order valence-electron chi connectivity index (χ0n) is 30.6. The molecule has 0 aliphatic heterocycles. The van der Waals surface area contributed by atoms with Gasteiger partial charge >= 0.3 is 77.5 Å². The Kier molecular flexibility index (Phi) is 17.8. The number of alkyl halides is 17. The molecule has 0 fully saturated rings. The fourth-order valence-electron chi connectivity index (χ4n) is 5.22. The van der Waals surface area contributed by atoms with Crippen molar-refractivity contribution in [3.63, 3.8) is 0 Å². The van der Waals surface area contributed by atoms with Crippen LogP contribution in [0.15, 0.2) is 24.3 Å².